The summed E-state index contributed by atoms with van der Waals surface area (Å²) in [5, 5.41) is 0. The molecule has 1 rings (SSSR count). The predicted octanol–water partition coefficient (Wildman–Crippen LogP) is 2.07. The molecule has 0 bridgehead atoms. The van der Waals surface area contributed by atoms with E-state index in [4.69, 9.17) is 0 Å². The monoisotopic (exact) mass is 181 g/mol. The summed E-state index contributed by atoms with van der Waals surface area (Å²) in [7, 11) is 3.66. The summed E-state index contributed by atoms with van der Waals surface area (Å²) < 4.78 is 0. The van der Waals surface area contributed by atoms with Crippen LogP contribution in [0.2, 0.25) is 0 Å². The van der Waals surface area contributed by atoms with Crippen molar-refractivity contribution in [3.63, 3.8) is 0 Å². The van der Waals surface area contributed by atoms with Crippen LogP contribution in [0.5, 0.6) is 0 Å². The topological polar surface area (TPSA) is 20.3 Å². The van der Waals surface area contributed by atoms with E-state index in [1.165, 1.54) is 12.8 Å². The lowest BCUT2D eigenvalue weighted by molar-refractivity contribution is -0.135. The Hall–Kier alpha value is -0.790. The van der Waals surface area contributed by atoms with Crippen molar-refractivity contribution in [1.82, 2.24) is 4.90 Å². The molecule has 2 heteroatoms. The Labute approximate surface area is 80.6 Å². The average molecular weight is 181 g/mol. The maximum atomic E-state index is 11.7. The van der Waals surface area contributed by atoms with Crippen LogP contribution in [0.1, 0.15) is 25.7 Å². The third-order valence-electron chi connectivity index (χ3n) is 2.88. The number of carbonyl (C=O) groups is 1. The minimum absolute atomic E-state index is 0.196. The maximum absolute atomic E-state index is 11.7. The highest BCUT2D eigenvalue weighted by molar-refractivity contribution is 5.78. The van der Waals surface area contributed by atoms with E-state index in [-0.39, 0.29) is 11.8 Å². The van der Waals surface area contributed by atoms with Crippen LogP contribution in [-0.4, -0.2) is 24.9 Å². The summed E-state index contributed by atoms with van der Waals surface area (Å²) in [5.41, 5.74) is 0. The van der Waals surface area contributed by atoms with Crippen LogP contribution >= 0.6 is 0 Å². The van der Waals surface area contributed by atoms with E-state index in [1.807, 2.05) is 20.2 Å². The van der Waals surface area contributed by atoms with Crippen LogP contribution in [0.3, 0.4) is 0 Å². The van der Waals surface area contributed by atoms with Gasteiger partial charge in [0.05, 0.1) is 0 Å². The van der Waals surface area contributed by atoms with Gasteiger partial charge in [0, 0.05) is 20.0 Å². The van der Waals surface area contributed by atoms with Crippen LogP contribution in [0.25, 0.3) is 0 Å². The molecule has 0 aromatic heterocycles. The highest BCUT2D eigenvalue weighted by Crippen LogP contribution is 2.31. The molecule has 0 aromatic rings. The Bertz CT molecular complexity index is 198. The maximum Gasteiger partial charge on any atom is 0.225 e. The largest absolute Gasteiger partial charge is 0.349 e. The van der Waals surface area contributed by atoms with Crippen LogP contribution in [-0.2, 0) is 4.79 Å². The number of amides is 1. The van der Waals surface area contributed by atoms with Crippen LogP contribution in [0, 0.1) is 11.8 Å². The van der Waals surface area contributed by atoms with Crippen molar-refractivity contribution >= 4 is 5.91 Å². The predicted molar refractivity (Wildman–Crippen MR) is 54.3 cm³/mol. The Morgan fingerprint density at radius 2 is 2.00 bits per heavy atom. The summed E-state index contributed by atoms with van der Waals surface area (Å²) in [4.78, 5) is 13.4. The van der Waals surface area contributed by atoms with Crippen molar-refractivity contribution in [2.75, 3.05) is 14.1 Å². The van der Waals surface area contributed by atoms with Gasteiger partial charge in [-0.25, -0.2) is 0 Å². The molecule has 0 radical (unpaired) electrons. The molecule has 0 saturated heterocycles. The van der Waals surface area contributed by atoms with Gasteiger partial charge < -0.3 is 4.90 Å². The van der Waals surface area contributed by atoms with Gasteiger partial charge in [-0.15, -0.1) is 6.58 Å². The first-order chi connectivity index (χ1) is 6.16. The molecule has 0 N–H and O–H groups in total. The zero-order chi connectivity index (χ0) is 9.84. The molecule has 1 saturated carbocycles. The van der Waals surface area contributed by atoms with E-state index in [0.29, 0.717) is 5.92 Å². The first kappa shape index (κ1) is 10.3. The first-order valence-electron chi connectivity index (χ1n) is 5.00. The zero-order valence-corrected chi connectivity index (χ0v) is 8.62. The van der Waals surface area contributed by atoms with Crippen molar-refractivity contribution in [3.8, 4) is 0 Å². The van der Waals surface area contributed by atoms with Crippen molar-refractivity contribution < 1.29 is 4.79 Å². The van der Waals surface area contributed by atoms with Crippen LogP contribution in [0.4, 0.5) is 0 Å². The minimum Gasteiger partial charge on any atom is -0.349 e. The van der Waals surface area contributed by atoms with E-state index in [2.05, 4.69) is 6.58 Å². The molecule has 1 aliphatic carbocycles. The van der Waals surface area contributed by atoms with Gasteiger partial charge in [0.1, 0.15) is 0 Å². The third-order valence-corrected chi connectivity index (χ3v) is 2.88. The second-order valence-electron chi connectivity index (χ2n) is 4.02. The summed E-state index contributed by atoms with van der Waals surface area (Å²) in [5.74, 6) is 0.870. The molecule has 0 aliphatic heterocycles. The van der Waals surface area contributed by atoms with Gasteiger partial charge in [-0.05, 0) is 18.8 Å². The number of rotatable bonds is 2. The van der Waals surface area contributed by atoms with Gasteiger partial charge in [-0.1, -0.05) is 18.9 Å². The summed E-state index contributed by atoms with van der Waals surface area (Å²) >= 11 is 0. The zero-order valence-electron chi connectivity index (χ0n) is 8.62. The molecule has 1 aliphatic rings. The van der Waals surface area contributed by atoms with Crippen LogP contribution in [0.15, 0.2) is 12.7 Å². The smallest absolute Gasteiger partial charge is 0.225 e. The minimum atomic E-state index is 0.196. The van der Waals surface area contributed by atoms with Gasteiger partial charge in [0.2, 0.25) is 5.91 Å². The van der Waals surface area contributed by atoms with E-state index in [1.54, 1.807) is 4.90 Å². The first-order valence-corrected chi connectivity index (χ1v) is 5.00. The molecule has 1 fully saturated rings. The summed E-state index contributed by atoms with van der Waals surface area (Å²) in [6, 6.07) is 0. The summed E-state index contributed by atoms with van der Waals surface area (Å²) in [6.07, 6.45) is 6.55. The van der Waals surface area contributed by atoms with Crippen LogP contribution < -0.4 is 0 Å². The van der Waals surface area contributed by atoms with Gasteiger partial charge in [0.25, 0.3) is 0 Å². The molecular formula is C11H19NO. The fourth-order valence-electron chi connectivity index (χ4n) is 2.08. The SMILES string of the molecule is C=CC1CCCCC1C(=O)N(C)C. The van der Waals surface area contributed by atoms with E-state index in [0.717, 1.165) is 12.8 Å². The molecule has 13 heavy (non-hydrogen) atoms. The third kappa shape index (κ3) is 2.33. The second-order valence-corrected chi connectivity index (χ2v) is 4.02. The Balaban J connectivity index is 2.63. The van der Waals surface area contributed by atoms with Gasteiger partial charge in [-0.2, -0.15) is 0 Å². The molecule has 74 valence electrons. The normalized spacial score (nSPS) is 28.2. The highest BCUT2D eigenvalue weighted by Gasteiger charge is 2.29. The summed E-state index contributed by atoms with van der Waals surface area (Å²) in [6.45, 7) is 3.81. The highest BCUT2D eigenvalue weighted by atomic mass is 16.2. The van der Waals surface area contributed by atoms with E-state index < -0.39 is 0 Å². The lowest BCUT2D eigenvalue weighted by Crippen LogP contribution is -2.35. The van der Waals surface area contributed by atoms with Crippen molar-refractivity contribution in [1.29, 1.82) is 0 Å². The Kier molecular flexibility index (Phi) is 3.52. The van der Waals surface area contributed by atoms with Gasteiger partial charge in [-0.3, -0.25) is 4.79 Å². The lowest BCUT2D eigenvalue weighted by atomic mass is 9.78. The second kappa shape index (κ2) is 4.45. The Morgan fingerprint density at radius 3 is 2.54 bits per heavy atom. The van der Waals surface area contributed by atoms with E-state index >= 15 is 0 Å². The standard InChI is InChI=1S/C11H19NO/c1-4-9-7-5-6-8-10(9)11(13)12(2)3/h4,9-10H,1,5-8H2,2-3H3. The van der Waals surface area contributed by atoms with Crippen molar-refractivity contribution in [3.05, 3.63) is 12.7 Å². The molecule has 0 heterocycles. The van der Waals surface area contributed by atoms with Crippen molar-refractivity contribution in [2.45, 2.75) is 25.7 Å². The Morgan fingerprint density at radius 1 is 1.38 bits per heavy atom. The number of allylic oxidation sites excluding steroid dienone is 1. The molecule has 0 spiro atoms. The molecule has 0 aromatic carbocycles. The fraction of sp³-hybridized carbons (Fsp3) is 0.727. The quantitative estimate of drug-likeness (QED) is 0.597. The average Bonchev–Trinajstić information content (AvgIpc) is 2.16. The molecular weight excluding hydrogens is 162 g/mol. The number of nitrogens with zero attached hydrogens (tertiary/aromatic N) is 1. The molecule has 1 amide bonds. The van der Waals surface area contributed by atoms with Crippen molar-refractivity contribution in [2.24, 2.45) is 11.8 Å². The van der Waals surface area contributed by atoms with Gasteiger partial charge >= 0.3 is 0 Å². The van der Waals surface area contributed by atoms with E-state index in [9.17, 15) is 4.79 Å². The number of hydrogen-bond donors (Lipinski definition) is 0. The fourth-order valence-corrected chi connectivity index (χ4v) is 2.08. The van der Waals surface area contributed by atoms with Gasteiger partial charge in [0.15, 0.2) is 0 Å². The molecule has 2 unspecified atom stereocenters. The number of carbonyl (C=O) groups excluding carboxylic acids is 1. The lowest BCUT2D eigenvalue weighted by Gasteiger charge is -2.30. The molecule has 2 atom stereocenters. The number of hydrogen-bond acceptors (Lipinski definition) is 1. The molecule has 2 nitrogen and oxygen atoms in total.